The van der Waals surface area contributed by atoms with Crippen LogP contribution in [0.25, 0.3) is 0 Å². The maximum Gasteiger partial charge on any atom is 0.123 e. The molecule has 1 fully saturated rings. The molecule has 0 saturated carbocycles. The molecule has 0 aliphatic carbocycles. The van der Waals surface area contributed by atoms with Gasteiger partial charge in [0.2, 0.25) is 0 Å². The Morgan fingerprint density at radius 1 is 1.23 bits per heavy atom. The van der Waals surface area contributed by atoms with Gasteiger partial charge in [-0.1, -0.05) is 12.1 Å². The van der Waals surface area contributed by atoms with Gasteiger partial charge in [-0.15, -0.1) is 0 Å². The molecule has 1 heterocycles. The molecule has 0 amide bonds. The van der Waals surface area contributed by atoms with Gasteiger partial charge in [0.1, 0.15) is 30.0 Å². The van der Waals surface area contributed by atoms with Gasteiger partial charge in [-0.25, -0.2) is 4.39 Å². The second kappa shape index (κ2) is 8.98. The minimum Gasteiger partial charge on any atom is -0.497 e. The molecule has 1 aliphatic heterocycles. The van der Waals surface area contributed by atoms with Gasteiger partial charge in [-0.2, -0.15) is 0 Å². The summed E-state index contributed by atoms with van der Waals surface area (Å²) in [5.74, 6) is 1.18. The summed E-state index contributed by atoms with van der Waals surface area (Å²) in [4.78, 5) is 2.11. The number of hydrogen-bond donors (Lipinski definition) is 1. The minimum atomic E-state index is -0.622. The highest BCUT2D eigenvalue weighted by atomic mass is 19.1. The molecule has 6 heteroatoms. The lowest BCUT2D eigenvalue weighted by atomic mass is 10.1. The Morgan fingerprint density at radius 3 is 2.73 bits per heavy atom. The zero-order chi connectivity index (χ0) is 18.4. The number of β-amino-alcohol motifs (C(OH)–C–C–N with tert-alkyl or cyclic N) is 1. The molecule has 0 spiro atoms. The summed E-state index contributed by atoms with van der Waals surface area (Å²) >= 11 is 0. The molecule has 140 valence electrons. The van der Waals surface area contributed by atoms with Crippen molar-refractivity contribution in [3.63, 3.8) is 0 Å². The van der Waals surface area contributed by atoms with E-state index in [9.17, 15) is 9.50 Å². The third kappa shape index (κ3) is 5.17. The summed E-state index contributed by atoms with van der Waals surface area (Å²) < 4.78 is 29.9. The van der Waals surface area contributed by atoms with Crippen LogP contribution in [0, 0.1) is 5.82 Å². The number of aliphatic hydroxyl groups is 1. The number of nitrogens with zero attached hydrogens (tertiary/aromatic N) is 1. The van der Waals surface area contributed by atoms with Gasteiger partial charge in [-0.05, 0) is 42.0 Å². The van der Waals surface area contributed by atoms with E-state index >= 15 is 0 Å². The van der Waals surface area contributed by atoms with Crippen LogP contribution in [0.1, 0.15) is 11.7 Å². The molecular formula is C20H24FNO4. The van der Waals surface area contributed by atoms with Gasteiger partial charge >= 0.3 is 0 Å². The summed E-state index contributed by atoms with van der Waals surface area (Å²) in [6.07, 6.45) is -0.808. The number of benzene rings is 2. The number of morpholine rings is 1. The largest absolute Gasteiger partial charge is 0.497 e. The highest BCUT2D eigenvalue weighted by molar-refractivity contribution is 5.31. The highest BCUT2D eigenvalue weighted by Gasteiger charge is 2.24. The van der Waals surface area contributed by atoms with Crippen molar-refractivity contribution in [3.8, 4) is 11.5 Å². The van der Waals surface area contributed by atoms with E-state index in [2.05, 4.69) is 4.90 Å². The number of halogens is 1. The van der Waals surface area contributed by atoms with E-state index in [1.165, 1.54) is 12.1 Å². The fourth-order valence-corrected chi connectivity index (χ4v) is 2.99. The minimum absolute atomic E-state index is 0.186. The maximum atomic E-state index is 13.4. The number of ether oxygens (including phenoxy) is 3. The van der Waals surface area contributed by atoms with E-state index in [1.807, 2.05) is 18.2 Å². The molecule has 0 aromatic heterocycles. The van der Waals surface area contributed by atoms with Crippen molar-refractivity contribution in [1.29, 1.82) is 0 Å². The van der Waals surface area contributed by atoms with E-state index in [4.69, 9.17) is 14.2 Å². The monoisotopic (exact) mass is 361 g/mol. The van der Waals surface area contributed by atoms with Crippen LogP contribution < -0.4 is 9.47 Å². The van der Waals surface area contributed by atoms with Crippen molar-refractivity contribution < 1.29 is 23.7 Å². The highest BCUT2D eigenvalue weighted by Crippen LogP contribution is 2.23. The van der Waals surface area contributed by atoms with Crippen molar-refractivity contribution in [2.75, 3.05) is 40.0 Å². The lowest BCUT2D eigenvalue weighted by Gasteiger charge is -2.34. The van der Waals surface area contributed by atoms with Gasteiger partial charge in [-0.3, -0.25) is 4.90 Å². The van der Waals surface area contributed by atoms with Gasteiger partial charge in [0.25, 0.3) is 0 Å². The van der Waals surface area contributed by atoms with Crippen LogP contribution in [-0.4, -0.2) is 56.1 Å². The zero-order valence-electron chi connectivity index (χ0n) is 14.8. The molecule has 0 radical (unpaired) electrons. The summed E-state index contributed by atoms with van der Waals surface area (Å²) in [7, 11) is 1.61. The van der Waals surface area contributed by atoms with Gasteiger partial charge in [0.05, 0.1) is 19.8 Å². The predicted molar refractivity (Wildman–Crippen MR) is 96.0 cm³/mol. The molecule has 1 saturated heterocycles. The molecule has 3 rings (SSSR count). The quantitative estimate of drug-likeness (QED) is 0.822. The Bertz CT molecular complexity index is 694. The van der Waals surface area contributed by atoms with Crippen molar-refractivity contribution in [1.82, 2.24) is 4.90 Å². The first-order valence-electron chi connectivity index (χ1n) is 8.68. The SMILES string of the molecule is COc1ccc(OCC(O)CN2CCOC(c3cccc(F)c3)C2)cc1. The second-order valence-electron chi connectivity index (χ2n) is 6.31. The summed E-state index contributed by atoms with van der Waals surface area (Å²) in [5, 5.41) is 10.3. The van der Waals surface area contributed by atoms with E-state index < -0.39 is 6.10 Å². The third-order valence-corrected chi connectivity index (χ3v) is 4.34. The molecule has 2 aromatic rings. The first-order valence-corrected chi connectivity index (χ1v) is 8.68. The Balaban J connectivity index is 1.48. The summed E-state index contributed by atoms with van der Waals surface area (Å²) in [6.45, 7) is 2.57. The van der Waals surface area contributed by atoms with Crippen molar-refractivity contribution >= 4 is 0 Å². The fourth-order valence-electron chi connectivity index (χ4n) is 2.99. The lowest BCUT2D eigenvalue weighted by Crippen LogP contribution is -2.43. The zero-order valence-corrected chi connectivity index (χ0v) is 14.8. The lowest BCUT2D eigenvalue weighted by molar-refractivity contribution is -0.0460. The number of hydrogen-bond acceptors (Lipinski definition) is 5. The molecule has 1 N–H and O–H groups in total. The predicted octanol–water partition coefficient (Wildman–Crippen LogP) is 2.65. The van der Waals surface area contributed by atoms with E-state index in [0.29, 0.717) is 25.4 Å². The molecule has 2 unspecified atom stereocenters. The average molecular weight is 361 g/mol. The summed E-state index contributed by atoms with van der Waals surface area (Å²) in [6, 6.07) is 13.7. The molecule has 1 aliphatic rings. The van der Waals surface area contributed by atoms with E-state index in [1.54, 1.807) is 25.3 Å². The van der Waals surface area contributed by atoms with Crippen LogP contribution in [0.2, 0.25) is 0 Å². The molecule has 26 heavy (non-hydrogen) atoms. The van der Waals surface area contributed by atoms with Crippen molar-refractivity contribution in [2.24, 2.45) is 0 Å². The molecule has 2 aromatic carbocycles. The Labute approximate surface area is 152 Å². The maximum absolute atomic E-state index is 13.4. The van der Waals surface area contributed by atoms with Crippen molar-refractivity contribution in [3.05, 3.63) is 59.9 Å². The van der Waals surface area contributed by atoms with Gasteiger partial charge < -0.3 is 19.3 Å². The van der Waals surface area contributed by atoms with Crippen LogP contribution >= 0.6 is 0 Å². The Kier molecular flexibility index (Phi) is 6.44. The van der Waals surface area contributed by atoms with Crippen LogP contribution in [0.4, 0.5) is 4.39 Å². The number of rotatable bonds is 7. The number of methoxy groups -OCH3 is 1. The van der Waals surface area contributed by atoms with Crippen LogP contribution in [0.15, 0.2) is 48.5 Å². The Hall–Kier alpha value is -2.15. The number of aliphatic hydroxyl groups excluding tert-OH is 1. The van der Waals surface area contributed by atoms with Gasteiger partial charge in [0, 0.05) is 19.6 Å². The molecular weight excluding hydrogens is 337 g/mol. The van der Waals surface area contributed by atoms with Gasteiger partial charge in [0.15, 0.2) is 0 Å². The van der Waals surface area contributed by atoms with E-state index in [0.717, 1.165) is 17.9 Å². The smallest absolute Gasteiger partial charge is 0.123 e. The molecule has 0 bridgehead atoms. The van der Waals surface area contributed by atoms with E-state index in [-0.39, 0.29) is 18.5 Å². The van der Waals surface area contributed by atoms with Crippen LogP contribution in [-0.2, 0) is 4.74 Å². The topological polar surface area (TPSA) is 51.2 Å². The first kappa shape index (κ1) is 18.6. The van der Waals surface area contributed by atoms with Crippen LogP contribution in [0.3, 0.4) is 0 Å². The second-order valence-corrected chi connectivity index (χ2v) is 6.31. The third-order valence-electron chi connectivity index (χ3n) is 4.34. The standard InChI is InChI=1S/C20H24FNO4/c1-24-18-5-7-19(8-6-18)26-14-17(23)12-22-9-10-25-20(13-22)15-3-2-4-16(21)11-15/h2-8,11,17,20,23H,9-10,12-14H2,1H3. The van der Waals surface area contributed by atoms with Crippen molar-refractivity contribution in [2.45, 2.75) is 12.2 Å². The van der Waals surface area contributed by atoms with Crippen LogP contribution in [0.5, 0.6) is 11.5 Å². The molecule has 2 atom stereocenters. The first-order chi connectivity index (χ1) is 12.6. The molecule has 5 nitrogen and oxygen atoms in total. The summed E-state index contributed by atoms with van der Waals surface area (Å²) in [5.41, 5.74) is 0.818. The Morgan fingerprint density at radius 2 is 2.00 bits per heavy atom. The normalized spacial score (nSPS) is 19.1. The fraction of sp³-hybridized carbons (Fsp3) is 0.400. The average Bonchev–Trinajstić information content (AvgIpc) is 2.67.